The molecule has 0 saturated heterocycles. The molecule has 0 fully saturated rings. The maximum absolute atomic E-state index is 12.6. The van der Waals surface area contributed by atoms with Crippen LogP contribution in [0.5, 0.6) is 0 Å². The summed E-state index contributed by atoms with van der Waals surface area (Å²) in [7, 11) is 1.24. The molecule has 10 heteroatoms. The highest BCUT2D eigenvalue weighted by Gasteiger charge is 2.22. The van der Waals surface area contributed by atoms with Crippen LogP contribution in [-0.2, 0) is 20.9 Å². The van der Waals surface area contributed by atoms with Crippen LogP contribution in [-0.4, -0.2) is 37.7 Å². The van der Waals surface area contributed by atoms with Gasteiger partial charge in [-0.3, -0.25) is 4.79 Å². The van der Waals surface area contributed by atoms with Crippen LogP contribution in [0.15, 0.2) is 74.3 Å². The zero-order valence-corrected chi connectivity index (χ0v) is 20.2. The summed E-state index contributed by atoms with van der Waals surface area (Å²) in [5.74, 6) is -0.916. The summed E-state index contributed by atoms with van der Waals surface area (Å²) >= 11 is 0. The minimum atomic E-state index is -0.873. The first-order valence-electron chi connectivity index (χ1n) is 11.7. The van der Waals surface area contributed by atoms with E-state index in [1.807, 2.05) is 30.3 Å². The molecule has 10 nitrogen and oxygen atoms in total. The number of hydrogen-bond acceptors (Lipinski definition) is 8. The van der Waals surface area contributed by atoms with Crippen molar-refractivity contribution in [3.05, 3.63) is 82.4 Å². The van der Waals surface area contributed by atoms with E-state index in [2.05, 4.69) is 10.6 Å². The molecule has 2 heterocycles. The Morgan fingerprint density at radius 3 is 2.54 bits per heavy atom. The molecule has 4 rings (SSSR count). The van der Waals surface area contributed by atoms with Gasteiger partial charge >= 0.3 is 17.7 Å². The monoisotopic (exact) mass is 506 g/mol. The van der Waals surface area contributed by atoms with Gasteiger partial charge in [-0.25, -0.2) is 14.4 Å². The Morgan fingerprint density at radius 1 is 0.973 bits per heavy atom. The number of amides is 2. The molecular weight excluding hydrogens is 480 g/mol. The van der Waals surface area contributed by atoms with E-state index in [-0.39, 0.29) is 12.4 Å². The van der Waals surface area contributed by atoms with Crippen LogP contribution in [0.1, 0.15) is 35.4 Å². The van der Waals surface area contributed by atoms with Gasteiger partial charge in [-0.15, -0.1) is 0 Å². The quantitative estimate of drug-likeness (QED) is 0.188. The van der Waals surface area contributed by atoms with Gasteiger partial charge in [0.25, 0.3) is 5.91 Å². The summed E-state index contributed by atoms with van der Waals surface area (Å²) in [6.07, 6.45) is 0.645. The number of carbonyl (C=O) groups excluding carboxylic acids is 3. The molecule has 2 aromatic heterocycles. The van der Waals surface area contributed by atoms with Crippen molar-refractivity contribution in [2.75, 3.05) is 13.7 Å². The van der Waals surface area contributed by atoms with Crippen LogP contribution in [0.3, 0.4) is 0 Å². The smallest absolute Gasteiger partial charge is 0.408 e. The molecule has 0 aliphatic carbocycles. The van der Waals surface area contributed by atoms with E-state index in [0.717, 1.165) is 10.9 Å². The molecule has 37 heavy (non-hydrogen) atoms. The predicted molar refractivity (Wildman–Crippen MR) is 134 cm³/mol. The average molecular weight is 507 g/mol. The number of hydrogen-bond donors (Lipinski definition) is 2. The fraction of sp³-hybridized carbons (Fsp3) is 0.259. The number of nitrogens with one attached hydrogen (secondary N) is 2. The second-order valence-corrected chi connectivity index (χ2v) is 8.29. The highest BCUT2D eigenvalue weighted by molar-refractivity contribution is 6.05. The van der Waals surface area contributed by atoms with Crippen LogP contribution in [0.25, 0.3) is 21.9 Å². The fourth-order valence-corrected chi connectivity index (χ4v) is 3.81. The zero-order chi connectivity index (χ0) is 26.2. The van der Waals surface area contributed by atoms with E-state index in [1.54, 1.807) is 18.2 Å². The minimum Gasteiger partial charge on any atom is -0.467 e. The van der Waals surface area contributed by atoms with Crippen molar-refractivity contribution >= 4 is 39.9 Å². The molecule has 1 atom stereocenters. The van der Waals surface area contributed by atoms with Gasteiger partial charge in [-0.2, -0.15) is 0 Å². The van der Waals surface area contributed by atoms with Gasteiger partial charge in [0.2, 0.25) is 0 Å². The van der Waals surface area contributed by atoms with Crippen molar-refractivity contribution in [1.29, 1.82) is 0 Å². The largest absolute Gasteiger partial charge is 0.467 e. The number of methoxy groups -OCH3 is 1. The minimum absolute atomic E-state index is 0.0797. The van der Waals surface area contributed by atoms with Crippen LogP contribution in [0.4, 0.5) is 4.79 Å². The molecule has 0 spiro atoms. The van der Waals surface area contributed by atoms with Crippen LogP contribution < -0.4 is 16.3 Å². The second-order valence-electron chi connectivity index (χ2n) is 8.29. The van der Waals surface area contributed by atoms with Crippen molar-refractivity contribution in [2.45, 2.75) is 31.9 Å². The van der Waals surface area contributed by atoms with Crippen molar-refractivity contribution < 1.29 is 32.7 Å². The number of benzene rings is 2. The molecule has 2 aromatic carbocycles. The number of fused-ring (bicyclic) bond motifs is 3. The molecule has 0 aliphatic heterocycles. The Balaban J connectivity index is 1.25. The Labute approximate surface area is 211 Å². The molecule has 192 valence electrons. The van der Waals surface area contributed by atoms with Crippen molar-refractivity contribution in [3.8, 4) is 0 Å². The number of alkyl carbamates (subject to hydrolysis) is 1. The lowest BCUT2D eigenvalue weighted by molar-refractivity contribution is -0.143. The Bertz CT molecular complexity index is 1460. The van der Waals surface area contributed by atoms with Crippen molar-refractivity contribution in [1.82, 2.24) is 10.6 Å². The third-order valence-corrected chi connectivity index (χ3v) is 5.70. The summed E-state index contributed by atoms with van der Waals surface area (Å²) in [5.41, 5.74) is 1.12. The van der Waals surface area contributed by atoms with Gasteiger partial charge in [0, 0.05) is 24.1 Å². The van der Waals surface area contributed by atoms with Crippen molar-refractivity contribution in [3.63, 3.8) is 0 Å². The maximum Gasteiger partial charge on any atom is 0.408 e. The number of esters is 1. The molecular formula is C27H26N2O8. The van der Waals surface area contributed by atoms with Gasteiger partial charge < -0.3 is 28.9 Å². The molecule has 4 aromatic rings. The van der Waals surface area contributed by atoms with Crippen LogP contribution in [0, 0.1) is 0 Å². The second kappa shape index (κ2) is 11.9. The SMILES string of the molecule is COC(=O)[C@H](CCCCNC(=O)c1cc2c(ccc3ccc(=O)oc32)o1)NC(=O)OCc1ccccc1. The molecule has 2 amide bonds. The van der Waals surface area contributed by atoms with E-state index in [1.165, 1.54) is 19.2 Å². The van der Waals surface area contributed by atoms with E-state index in [9.17, 15) is 19.2 Å². The Hall–Kier alpha value is -4.60. The number of unbranched alkanes of at least 4 members (excludes halogenated alkanes) is 1. The highest BCUT2D eigenvalue weighted by Crippen LogP contribution is 2.27. The number of carbonyl (C=O) groups is 3. The Morgan fingerprint density at radius 2 is 1.76 bits per heavy atom. The normalized spacial score (nSPS) is 11.7. The van der Waals surface area contributed by atoms with Crippen molar-refractivity contribution in [2.24, 2.45) is 0 Å². The van der Waals surface area contributed by atoms with E-state index < -0.39 is 29.6 Å². The predicted octanol–water partition coefficient (Wildman–Crippen LogP) is 3.91. The van der Waals surface area contributed by atoms with E-state index in [0.29, 0.717) is 42.4 Å². The molecule has 0 bridgehead atoms. The topological polar surface area (TPSA) is 137 Å². The first-order valence-corrected chi connectivity index (χ1v) is 11.7. The zero-order valence-electron chi connectivity index (χ0n) is 20.2. The molecule has 0 aliphatic rings. The summed E-state index contributed by atoms with van der Waals surface area (Å²) in [6, 6.07) is 16.3. The summed E-state index contributed by atoms with van der Waals surface area (Å²) in [5, 5.41) is 6.54. The third kappa shape index (κ3) is 6.54. The number of furan rings is 1. The van der Waals surface area contributed by atoms with Crippen LogP contribution >= 0.6 is 0 Å². The molecule has 0 radical (unpaired) electrons. The Kier molecular flexibility index (Phi) is 8.19. The van der Waals surface area contributed by atoms with Gasteiger partial charge in [0.05, 0.1) is 12.5 Å². The van der Waals surface area contributed by atoms with E-state index >= 15 is 0 Å². The van der Waals surface area contributed by atoms with Gasteiger partial charge in [0.1, 0.15) is 23.8 Å². The highest BCUT2D eigenvalue weighted by atomic mass is 16.6. The first kappa shape index (κ1) is 25.5. The molecule has 0 unspecified atom stereocenters. The van der Waals surface area contributed by atoms with Gasteiger partial charge in [-0.05, 0) is 43.0 Å². The summed E-state index contributed by atoms with van der Waals surface area (Å²) in [6.45, 7) is 0.397. The van der Waals surface area contributed by atoms with Gasteiger partial charge in [-0.1, -0.05) is 30.3 Å². The summed E-state index contributed by atoms with van der Waals surface area (Å²) in [4.78, 5) is 48.4. The average Bonchev–Trinajstić information content (AvgIpc) is 3.36. The number of rotatable bonds is 10. The lowest BCUT2D eigenvalue weighted by Crippen LogP contribution is -2.41. The number of ether oxygens (including phenoxy) is 2. The third-order valence-electron chi connectivity index (χ3n) is 5.70. The first-order chi connectivity index (χ1) is 17.9. The van der Waals surface area contributed by atoms with Gasteiger partial charge in [0.15, 0.2) is 5.76 Å². The summed E-state index contributed by atoms with van der Waals surface area (Å²) < 4.78 is 20.8. The fourth-order valence-electron chi connectivity index (χ4n) is 3.81. The molecule has 2 N–H and O–H groups in total. The lowest BCUT2D eigenvalue weighted by Gasteiger charge is -2.16. The lowest BCUT2D eigenvalue weighted by atomic mass is 10.1. The molecule has 0 saturated carbocycles. The van der Waals surface area contributed by atoms with E-state index in [4.69, 9.17) is 18.3 Å². The maximum atomic E-state index is 12.6. The van der Waals surface area contributed by atoms with Crippen LogP contribution in [0.2, 0.25) is 0 Å². The standard InChI is InChI=1S/C27H26N2O8/c1-34-26(32)20(29-27(33)35-16-17-7-3-2-4-8-17)9-5-6-14-28-25(31)22-15-19-21(36-22)12-10-18-11-13-23(30)37-24(18)19/h2-4,7-8,10-13,15,20H,5-6,9,14,16H2,1H3,(H,28,31)(H,29,33)/t20-/m0/s1.